The Morgan fingerprint density at radius 3 is 2.36 bits per heavy atom. The lowest BCUT2D eigenvalue weighted by atomic mass is 9.74. The van der Waals surface area contributed by atoms with Gasteiger partial charge in [0.05, 0.1) is 29.7 Å². The van der Waals surface area contributed by atoms with Gasteiger partial charge in [-0.05, 0) is 55.4 Å². The Morgan fingerprint density at radius 1 is 1.00 bits per heavy atom. The summed E-state index contributed by atoms with van der Waals surface area (Å²) in [5.41, 5.74) is -1.10. The summed E-state index contributed by atoms with van der Waals surface area (Å²) in [4.78, 5) is 108. The van der Waals surface area contributed by atoms with E-state index in [-0.39, 0.29) is 67.1 Å². The van der Waals surface area contributed by atoms with E-state index in [2.05, 4.69) is 20.3 Å². The van der Waals surface area contributed by atoms with Gasteiger partial charge in [-0.25, -0.2) is 9.97 Å². The van der Waals surface area contributed by atoms with Crippen LogP contribution in [0, 0.1) is 39.2 Å². The fraction of sp³-hybridized carbons (Fsp3) is 0.634. The van der Waals surface area contributed by atoms with Crippen molar-refractivity contribution in [3.63, 3.8) is 0 Å². The zero-order chi connectivity index (χ0) is 40.6. The van der Waals surface area contributed by atoms with Gasteiger partial charge in [0.1, 0.15) is 11.8 Å². The van der Waals surface area contributed by atoms with Gasteiger partial charge < -0.3 is 15.0 Å². The Kier molecular flexibility index (Phi) is 14.2. The summed E-state index contributed by atoms with van der Waals surface area (Å²) in [6.07, 6.45) is 11.2. The Hall–Kier alpha value is -4.95. The van der Waals surface area contributed by atoms with Gasteiger partial charge in [0, 0.05) is 62.2 Å². The van der Waals surface area contributed by atoms with Gasteiger partial charge in [-0.3, -0.25) is 43.9 Å². The van der Waals surface area contributed by atoms with Gasteiger partial charge >= 0.3 is 5.69 Å². The second-order valence-corrected chi connectivity index (χ2v) is 16.7. The quantitative estimate of drug-likeness (QED) is 0.107. The van der Waals surface area contributed by atoms with Crippen LogP contribution in [-0.2, 0) is 24.0 Å². The van der Waals surface area contributed by atoms with Gasteiger partial charge in [0.2, 0.25) is 11.7 Å². The predicted octanol–water partition coefficient (Wildman–Crippen LogP) is 5.44. The van der Waals surface area contributed by atoms with Crippen LogP contribution in [0.4, 0.5) is 5.69 Å². The molecule has 1 N–H and O–H groups in total. The predicted molar refractivity (Wildman–Crippen MR) is 203 cm³/mol. The molecule has 3 heterocycles. The molecule has 0 spiro atoms. The molecule has 2 aliphatic carbocycles. The first-order valence-electron chi connectivity index (χ1n) is 19.9. The highest BCUT2D eigenvalue weighted by atomic mass is 16.6. The Bertz CT molecular complexity index is 1770. The van der Waals surface area contributed by atoms with Crippen molar-refractivity contribution in [1.29, 1.82) is 0 Å². The molecule has 2 aromatic rings. The molecular weight excluding hydrogens is 720 g/mol. The number of ketones is 4. The van der Waals surface area contributed by atoms with E-state index in [1.165, 1.54) is 41.8 Å². The van der Waals surface area contributed by atoms with Crippen molar-refractivity contribution >= 4 is 40.6 Å². The number of Topliss-reactive ketones (excluding diaryl/α,β-unsaturated/α-hetero) is 4. The lowest BCUT2D eigenvalue weighted by Crippen LogP contribution is -2.51. The van der Waals surface area contributed by atoms with E-state index in [1.54, 1.807) is 0 Å². The molecule has 15 nitrogen and oxygen atoms in total. The van der Waals surface area contributed by atoms with Crippen molar-refractivity contribution in [2.24, 2.45) is 29.1 Å². The van der Waals surface area contributed by atoms with Crippen molar-refractivity contribution in [1.82, 2.24) is 25.2 Å². The van der Waals surface area contributed by atoms with Crippen LogP contribution in [0.1, 0.15) is 122 Å². The second-order valence-electron chi connectivity index (χ2n) is 16.7. The number of hydrogen-bond acceptors (Lipinski definition) is 12. The third-order valence-electron chi connectivity index (χ3n) is 11.3. The molecule has 0 bridgehead atoms. The molecule has 5 rings (SSSR count). The van der Waals surface area contributed by atoms with E-state index in [9.17, 15) is 38.9 Å². The van der Waals surface area contributed by atoms with Crippen LogP contribution in [0.5, 0.6) is 5.88 Å². The van der Waals surface area contributed by atoms with Crippen LogP contribution in [0.25, 0.3) is 0 Å². The van der Waals surface area contributed by atoms with E-state index in [0.717, 1.165) is 44.9 Å². The summed E-state index contributed by atoms with van der Waals surface area (Å²) >= 11 is 0. The highest BCUT2D eigenvalue weighted by Crippen LogP contribution is 2.38. The molecule has 5 atom stereocenters. The first-order valence-corrected chi connectivity index (χ1v) is 19.9. The third-order valence-corrected chi connectivity index (χ3v) is 11.3. The molecule has 56 heavy (non-hydrogen) atoms. The standard InChI is InChI=1S/C41H54N6O9/c1-5-10-27(37(51)35(50)19-25-14-15-25)20-33(48)32-21-28(56-39-31(47(54)55)13-9-16-44-39)24-46(32)40(53)29(41(2,3)4)22-34(49)36(26-11-7-6-8-12-26)45-38(52)30-23-42-17-18-43-30/h9,13,16-18,23,25-29,32,36H,5-8,10-12,14-15,19-22,24H2,1-4H3,(H,45,52)/t27?,28-,29?,32+,36?/m0/s1. The highest BCUT2D eigenvalue weighted by Gasteiger charge is 2.47. The summed E-state index contributed by atoms with van der Waals surface area (Å²) in [5, 5.41) is 14.7. The molecule has 2 aromatic heterocycles. The van der Waals surface area contributed by atoms with E-state index < -0.39 is 69.5 Å². The average molecular weight is 775 g/mol. The van der Waals surface area contributed by atoms with Gasteiger partial charge in [0.25, 0.3) is 11.8 Å². The van der Waals surface area contributed by atoms with Crippen molar-refractivity contribution in [3.05, 3.63) is 52.7 Å². The fourth-order valence-electron chi connectivity index (χ4n) is 8.02. The lowest BCUT2D eigenvalue weighted by Gasteiger charge is -2.36. The zero-order valence-electron chi connectivity index (χ0n) is 32.8. The van der Waals surface area contributed by atoms with E-state index in [1.807, 2.05) is 27.7 Å². The minimum absolute atomic E-state index is 0.0367. The number of aromatic nitrogens is 3. The Balaban J connectivity index is 1.42. The number of hydrogen-bond donors (Lipinski definition) is 1. The Morgan fingerprint density at radius 2 is 1.73 bits per heavy atom. The van der Waals surface area contributed by atoms with Crippen LogP contribution in [0.3, 0.4) is 0 Å². The number of rotatable bonds is 19. The molecule has 2 saturated carbocycles. The van der Waals surface area contributed by atoms with E-state index in [0.29, 0.717) is 12.8 Å². The molecule has 15 heteroatoms. The number of likely N-dealkylation sites (tertiary alicyclic amines) is 1. The second kappa shape index (κ2) is 18.8. The Labute approximate surface area is 327 Å². The first kappa shape index (κ1) is 42.2. The summed E-state index contributed by atoms with van der Waals surface area (Å²) in [6.45, 7) is 7.22. The molecule has 1 saturated heterocycles. The van der Waals surface area contributed by atoms with Crippen molar-refractivity contribution in [2.75, 3.05) is 6.54 Å². The van der Waals surface area contributed by atoms with Crippen molar-refractivity contribution in [3.8, 4) is 5.88 Å². The van der Waals surface area contributed by atoms with Crippen LogP contribution < -0.4 is 10.1 Å². The molecule has 2 amide bonds. The number of carbonyl (C=O) groups is 6. The molecule has 3 fully saturated rings. The molecule has 0 aromatic carbocycles. The number of nitrogens with zero attached hydrogens (tertiary/aromatic N) is 5. The first-order chi connectivity index (χ1) is 26.7. The summed E-state index contributed by atoms with van der Waals surface area (Å²) in [7, 11) is 0. The van der Waals surface area contributed by atoms with Gasteiger partial charge in [-0.1, -0.05) is 53.4 Å². The maximum Gasteiger partial charge on any atom is 0.330 e. The number of nitro groups is 1. The number of nitrogens with one attached hydrogen (secondary N) is 1. The third kappa shape index (κ3) is 10.9. The van der Waals surface area contributed by atoms with E-state index >= 15 is 0 Å². The summed E-state index contributed by atoms with van der Waals surface area (Å²) in [6, 6.07) is 0.674. The summed E-state index contributed by atoms with van der Waals surface area (Å²) < 4.78 is 6.02. The van der Waals surface area contributed by atoms with Gasteiger partial charge in [-0.15, -0.1) is 0 Å². The summed E-state index contributed by atoms with van der Waals surface area (Å²) in [5.74, 6) is -4.81. The number of amides is 2. The molecule has 3 aliphatic rings. The van der Waals surface area contributed by atoms with Crippen LogP contribution in [0.15, 0.2) is 36.9 Å². The molecule has 3 unspecified atom stereocenters. The number of ether oxygens (including phenoxy) is 1. The molecule has 1 aliphatic heterocycles. The van der Waals surface area contributed by atoms with Crippen LogP contribution in [-0.4, -0.2) is 84.5 Å². The minimum atomic E-state index is -1.09. The monoisotopic (exact) mass is 774 g/mol. The zero-order valence-corrected chi connectivity index (χ0v) is 32.8. The SMILES string of the molecule is CCCC(CC(=O)[C@H]1C[C@H](Oc2ncccc2[N+](=O)[O-])CN1C(=O)C(CC(=O)C(NC(=O)c1cnccn1)C1CCCCC1)C(C)(C)C)C(=O)C(=O)CC1CC1. The topological polar surface area (TPSA) is 209 Å². The largest absolute Gasteiger partial charge is 0.468 e. The number of carbonyl (C=O) groups excluding carboxylic acids is 6. The fourth-order valence-corrected chi connectivity index (χ4v) is 8.02. The molecule has 302 valence electrons. The van der Waals surface area contributed by atoms with Gasteiger partial charge in [-0.2, -0.15) is 0 Å². The molecular formula is C41H54N6O9. The lowest BCUT2D eigenvalue weighted by molar-refractivity contribution is -0.386. The minimum Gasteiger partial charge on any atom is -0.468 e. The smallest absolute Gasteiger partial charge is 0.330 e. The van der Waals surface area contributed by atoms with Gasteiger partial charge in [0.15, 0.2) is 17.3 Å². The maximum atomic E-state index is 14.9. The molecule has 0 radical (unpaired) electrons. The average Bonchev–Trinajstić information content (AvgIpc) is 3.90. The number of pyridine rings is 1. The normalized spacial score (nSPS) is 20.4. The van der Waals surface area contributed by atoms with E-state index in [4.69, 9.17) is 4.74 Å². The van der Waals surface area contributed by atoms with Crippen molar-refractivity contribution < 1.29 is 38.4 Å². The highest BCUT2D eigenvalue weighted by molar-refractivity contribution is 6.38. The van der Waals surface area contributed by atoms with Crippen molar-refractivity contribution in [2.45, 2.75) is 129 Å². The van der Waals surface area contributed by atoms with Crippen LogP contribution in [0.2, 0.25) is 0 Å². The van der Waals surface area contributed by atoms with Crippen LogP contribution >= 0.6 is 0 Å². The maximum absolute atomic E-state index is 14.9.